The third-order valence-electron chi connectivity index (χ3n) is 7.69. The number of nitrogen functional groups attached to an aromatic ring is 2. The SMILES string of the molecule is Nc1ccc2c(c1)CC(=O)N2.Nc1ccc2c(c1)N(C1CCN(C3CCCCC3)CC1)C(=O)C2.O=S(=O)=O. The van der Waals surface area contributed by atoms with Crippen LogP contribution in [0.25, 0.3) is 0 Å². The normalized spacial score (nSPS) is 19.4. The van der Waals surface area contributed by atoms with Crippen molar-refractivity contribution in [3.8, 4) is 0 Å². The number of likely N-dealkylation sites (tertiary alicyclic amines) is 1. The third-order valence-corrected chi connectivity index (χ3v) is 7.69. The summed E-state index contributed by atoms with van der Waals surface area (Å²) in [6.45, 7) is 2.27. The van der Waals surface area contributed by atoms with Gasteiger partial charge in [-0.05, 0) is 67.1 Å². The Bertz CT molecular complexity index is 1280. The summed E-state index contributed by atoms with van der Waals surface area (Å²) in [6, 6.07) is 12.5. The van der Waals surface area contributed by atoms with Gasteiger partial charge in [0.05, 0.1) is 12.8 Å². The van der Waals surface area contributed by atoms with Crippen LogP contribution in [0.4, 0.5) is 22.7 Å². The molecule has 5 N–H and O–H groups in total. The smallest absolute Gasteiger partial charge is 0.399 e. The molecule has 1 aliphatic carbocycles. The fourth-order valence-electron chi connectivity index (χ4n) is 5.94. The number of anilines is 4. The quantitative estimate of drug-likeness (QED) is 0.490. The molecule has 0 atom stereocenters. The summed E-state index contributed by atoms with van der Waals surface area (Å²) in [6.07, 6.45) is 10.1. The lowest BCUT2D eigenvalue weighted by Gasteiger charge is -2.41. The Kier molecular flexibility index (Phi) is 9.01. The Morgan fingerprint density at radius 1 is 0.763 bits per heavy atom. The van der Waals surface area contributed by atoms with Gasteiger partial charge in [-0.3, -0.25) is 9.59 Å². The zero-order valence-electron chi connectivity index (χ0n) is 21.4. The molecule has 204 valence electrons. The van der Waals surface area contributed by atoms with Gasteiger partial charge in [0.1, 0.15) is 0 Å². The van der Waals surface area contributed by atoms with E-state index in [1.807, 2.05) is 35.2 Å². The van der Waals surface area contributed by atoms with Crippen molar-refractivity contribution in [3.63, 3.8) is 0 Å². The molecule has 0 aromatic heterocycles. The van der Waals surface area contributed by atoms with E-state index in [0.29, 0.717) is 24.6 Å². The van der Waals surface area contributed by atoms with Crippen LogP contribution in [0.2, 0.25) is 0 Å². The maximum absolute atomic E-state index is 12.5. The second-order valence-corrected chi connectivity index (χ2v) is 10.6. The summed E-state index contributed by atoms with van der Waals surface area (Å²) < 4.78 is 25.3. The number of rotatable bonds is 2. The summed E-state index contributed by atoms with van der Waals surface area (Å²) >= 11 is 0. The fraction of sp³-hybridized carbons (Fsp3) is 0.481. The summed E-state index contributed by atoms with van der Waals surface area (Å²) in [5.41, 5.74) is 17.0. The highest BCUT2D eigenvalue weighted by Gasteiger charge is 2.36. The fourth-order valence-corrected chi connectivity index (χ4v) is 5.94. The minimum atomic E-state index is -3.11. The predicted molar refractivity (Wildman–Crippen MR) is 146 cm³/mol. The van der Waals surface area contributed by atoms with E-state index in [-0.39, 0.29) is 11.8 Å². The first kappa shape index (κ1) is 27.6. The van der Waals surface area contributed by atoms with Gasteiger partial charge >= 0.3 is 10.6 Å². The van der Waals surface area contributed by atoms with E-state index >= 15 is 0 Å². The van der Waals surface area contributed by atoms with Crippen molar-refractivity contribution in [2.24, 2.45) is 0 Å². The van der Waals surface area contributed by atoms with Crippen LogP contribution < -0.4 is 21.7 Å². The number of carbonyl (C=O) groups excluding carboxylic acids is 2. The molecule has 4 aliphatic rings. The van der Waals surface area contributed by atoms with Gasteiger partial charge in [0.25, 0.3) is 0 Å². The number of fused-ring (bicyclic) bond motifs is 2. The highest BCUT2D eigenvalue weighted by molar-refractivity contribution is 7.59. The average Bonchev–Trinajstić information content (AvgIpc) is 3.42. The second-order valence-electron chi connectivity index (χ2n) is 10.2. The van der Waals surface area contributed by atoms with Crippen LogP contribution in [0, 0.1) is 0 Å². The number of nitrogens with zero attached hydrogens (tertiary/aromatic N) is 2. The Morgan fingerprint density at radius 3 is 2.08 bits per heavy atom. The first-order valence-electron chi connectivity index (χ1n) is 13.1. The Labute approximate surface area is 224 Å². The van der Waals surface area contributed by atoms with Crippen LogP contribution in [0.3, 0.4) is 0 Å². The zero-order chi connectivity index (χ0) is 27.2. The average molecular weight is 542 g/mol. The van der Waals surface area contributed by atoms with Crippen LogP contribution in [0.15, 0.2) is 36.4 Å². The first-order valence-corrected chi connectivity index (χ1v) is 14.1. The van der Waals surface area contributed by atoms with E-state index in [1.165, 1.54) is 32.1 Å². The van der Waals surface area contributed by atoms with Crippen LogP contribution in [-0.4, -0.2) is 54.5 Å². The number of amides is 2. The van der Waals surface area contributed by atoms with Crippen LogP contribution in [-0.2, 0) is 33.0 Å². The molecular formula is C27H35N5O5S. The number of carbonyl (C=O) groups is 2. The molecule has 10 nitrogen and oxygen atoms in total. The molecule has 3 heterocycles. The molecule has 6 rings (SSSR count). The number of hydrogen-bond acceptors (Lipinski definition) is 8. The monoisotopic (exact) mass is 541 g/mol. The molecule has 2 amide bonds. The predicted octanol–water partition coefficient (Wildman–Crippen LogP) is 2.71. The van der Waals surface area contributed by atoms with Gasteiger partial charge in [0, 0.05) is 47.9 Å². The van der Waals surface area contributed by atoms with Gasteiger partial charge in [-0.2, -0.15) is 0 Å². The Morgan fingerprint density at radius 2 is 1.39 bits per heavy atom. The number of benzene rings is 2. The highest BCUT2D eigenvalue weighted by atomic mass is 32.2. The first-order chi connectivity index (χ1) is 18.2. The zero-order valence-corrected chi connectivity index (χ0v) is 22.2. The number of hydrogen-bond donors (Lipinski definition) is 3. The van der Waals surface area contributed by atoms with Gasteiger partial charge in [-0.1, -0.05) is 25.3 Å². The number of piperidine rings is 1. The van der Waals surface area contributed by atoms with E-state index < -0.39 is 10.6 Å². The van der Waals surface area contributed by atoms with Crippen LogP contribution >= 0.6 is 0 Å². The maximum Gasteiger partial charge on any atom is 0.425 e. The van der Waals surface area contributed by atoms with Crippen molar-refractivity contribution in [3.05, 3.63) is 47.5 Å². The summed E-state index contributed by atoms with van der Waals surface area (Å²) in [5, 5.41) is 2.73. The number of nitrogens with two attached hydrogens (primary N) is 2. The minimum Gasteiger partial charge on any atom is -0.399 e. The molecule has 11 heteroatoms. The molecule has 2 aromatic rings. The molecule has 1 saturated carbocycles. The van der Waals surface area contributed by atoms with E-state index in [0.717, 1.165) is 60.2 Å². The van der Waals surface area contributed by atoms with Crippen molar-refractivity contribution in [2.45, 2.75) is 69.9 Å². The van der Waals surface area contributed by atoms with Gasteiger partial charge in [0.15, 0.2) is 0 Å². The molecule has 3 aliphatic heterocycles. The van der Waals surface area contributed by atoms with Crippen molar-refractivity contribution in [1.29, 1.82) is 0 Å². The Balaban J connectivity index is 0.000000186. The van der Waals surface area contributed by atoms with Crippen molar-refractivity contribution in [2.75, 3.05) is 34.8 Å². The molecule has 2 aromatic carbocycles. The van der Waals surface area contributed by atoms with E-state index in [1.54, 1.807) is 6.07 Å². The van der Waals surface area contributed by atoms with Crippen molar-refractivity contribution in [1.82, 2.24) is 4.90 Å². The Hall–Kier alpha value is -3.44. The van der Waals surface area contributed by atoms with Crippen LogP contribution in [0.1, 0.15) is 56.1 Å². The minimum absolute atomic E-state index is 0.0469. The molecule has 2 fully saturated rings. The van der Waals surface area contributed by atoms with Crippen molar-refractivity contribution < 1.29 is 22.2 Å². The largest absolute Gasteiger partial charge is 0.425 e. The third kappa shape index (κ3) is 6.90. The lowest BCUT2D eigenvalue weighted by molar-refractivity contribution is -0.118. The summed E-state index contributed by atoms with van der Waals surface area (Å²) in [7, 11) is -3.11. The maximum atomic E-state index is 12.5. The van der Waals surface area contributed by atoms with Crippen molar-refractivity contribution >= 4 is 45.2 Å². The van der Waals surface area contributed by atoms with Gasteiger partial charge in [-0.15, -0.1) is 12.6 Å². The van der Waals surface area contributed by atoms with Crippen LogP contribution in [0.5, 0.6) is 0 Å². The standard InChI is InChI=1S/C19H27N3O.C8H8N2O.O3S/c20-15-7-6-14-12-19(23)22(18(14)13-15)17-8-10-21(11-9-17)16-4-2-1-3-5-16;9-6-1-2-7-5(3-6)4-8(11)10-7;1-4(2)3/h6-7,13,16-17H,1-5,8-12,20H2;1-3H,4,9H2,(H,10,11);. The van der Waals surface area contributed by atoms with E-state index in [2.05, 4.69) is 10.2 Å². The molecule has 0 bridgehead atoms. The van der Waals surface area contributed by atoms with Gasteiger partial charge < -0.3 is 26.6 Å². The lowest BCUT2D eigenvalue weighted by Crippen LogP contribution is -2.49. The highest BCUT2D eigenvalue weighted by Crippen LogP contribution is 2.36. The molecule has 1 saturated heterocycles. The van der Waals surface area contributed by atoms with Gasteiger partial charge in [0.2, 0.25) is 11.8 Å². The molecule has 0 unspecified atom stereocenters. The number of nitrogens with one attached hydrogen (secondary N) is 1. The van der Waals surface area contributed by atoms with Gasteiger partial charge in [-0.25, -0.2) is 0 Å². The summed E-state index contributed by atoms with van der Waals surface area (Å²) in [4.78, 5) is 28.1. The molecule has 0 spiro atoms. The molecular weight excluding hydrogens is 506 g/mol. The topological polar surface area (TPSA) is 156 Å². The lowest BCUT2D eigenvalue weighted by atomic mass is 9.92. The molecule has 38 heavy (non-hydrogen) atoms. The summed E-state index contributed by atoms with van der Waals surface area (Å²) in [5.74, 6) is 0.298. The van der Waals surface area contributed by atoms with E-state index in [9.17, 15) is 9.59 Å². The molecule has 0 radical (unpaired) electrons. The second kappa shape index (κ2) is 12.4. The van der Waals surface area contributed by atoms with E-state index in [4.69, 9.17) is 24.1 Å².